The number of halogens is 2. The lowest BCUT2D eigenvalue weighted by molar-refractivity contribution is -0.150. The average molecular weight is 510 g/mol. The molecule has 1 saturated heterocycles. The van der Waals surface area contributed by atoms with Crippen LogP contribution in [0.15, 0.2) is 48.9 Å². The number of aromatic nitrogens is 4. The monoisotopic (exact) mass is 509 g/mol. The molecule has 3 aromatic heterocycles. The first kappa shape index (κ1) is 24.6. The minimum atomic E-state index is -2.91. The maximum atomic E-state index is 12.9. The van der Waals surface area contributed by atoms with Gasteiger partial charge in [-0.05, 0) is 31.5 Å². The third-order valence-electron chi connectivity index (χ3n) is 6.39. The predicted octanol–water partition coefficient (Wildman–Crippen LogP) is 3.89. The molecule has 5 rings (SSSR count). The van der Waals surface area contributed by atoms with E-state index in [-0.39, 0.29) is 18.9 Å². The molecule has 1 aliphatic heterocycles. The minimum Gasteiger partial charge on any atom is -0.479 e. The number of morpholine rings is 1. The molecule has 37 heavy (non-hydrogen) atoms. The van der Waals surface area contributed by atoms with Gasteiger partial charge in [-0.1, -0.05) is 18.2 Å². The van der Waals surface area contributed by atoms with Crippen molar-refractivity contribution >= 4 is 17.6 Å². The lowest BCUT2D eigenvalue weighted by Crippen LogP contribution is -2.46. The number of hydrogen-bond donors (Lipinski definition) is 1. The Morgan fingerprint density at radius 2 is 2.00 bits per heavy atom. The number of rotatable bonds is 7. The fourth-order valence-electron chi connectivity index (χ4n) is 4.51. The molecule has 1 aliphatic rings. The number of anilines is 1. The van der Waals surface area contributed by atoms with Crippen LogP contribution in [0.4, 0.5) is 14.7 Å². The summed E-state index contributed by atoms with van der Waals surface area (Å²) in [7, 11) is 0. The van der Waals surface area contributed by atoms with Crippen molar-refractivity contribution in [3.05, 3.63) is 71.4 Å². The molecule has 192 valence electrons. The van der Waals surface area contributed by atoms with E-state index in [4.69, 9.17) is 9.47 Å². The zero-order valence-electron chi connectivity index (χ0n) is 20.3. The molecule has 11 heteroatoms. The molecular weight excluding hydrogens is 484 g/mol. The molecule has 0 bridgehead atoms. The number of aryl methyl sites for hydroxylation is 2. The van der Waals surface area contributed by atoms with Crippen molar-refractivity contribution < 1.29 is 28.2 Å². The van der Waals surface area contributed by atoms with Crippen LogP contribution in [-0.2, 0) is 16.0 Å². The van der Waals surface area contributed by atoms with Gasteiger partial charge < -0.3 is 23.9 Å². The van der Waals surface area contributed by atoms with E-state index in [0.717, 1.165) is 33.7 Å². The van der Waals surface area contributed by atoms with E-state index in [1.54, 1.807) is 35.5 Å². The Morgan fingerprint density at radius 3 is 2.73 bits per heavy atom. The van der Waals surface area contributed by atoms with Gasteiger partial charge in [0.1, 0.15) is 11.4 Å². The van der Waals surface area contributed by atoms with Crippen molar-refractivity contribution in [3.63, 3.8) is 0 Å². The van der Waals surface area contributed by atoms with Gasteiger partial charge in [0, 0.05) is 53.9 Å². The fourth-order valence-corrected chi connectivity index (χ4v) is 4.51. The first-order valence-corrected chi connectivity index (χ1v) is 11.7. The van der Waals surface area contributed by atoms with Crippen LogP contribution >= 0.6 is 0 Å². The average Bonchev–Trinajstić information content (AvgIpc) is 3.18. The molecule has 0 saturated carbocycles. The maximum Gasteiger partial charge on any atom is 0.387 e. The first-order chi connectivity index (χ1) is 17.8. The van der Waals surface area contributed by atoms with Gasteiger partial charge in [-0.15, -0.1) is 0 Å². The summed E-state index contributed by atoms with van der Waals surface area (Å²) in [5.41, 5.74) is 5.66. The summed E-state index contributed by atoms with van der Waals surface area (Å²) < 4.78 is 37.8. The number of pyridine rings is 1. The largest absolute Gasteiger partial charge is 0.479 e. The lowest BCUT2D eigenvalue weighted by atomic mass is 10.1. The topological polar surface area (TPSA) is 102 Å². The number of fused-ring (bicyclic) bond motifs is 1. The summed E-state index contributed by atoms with van der Waals surface area (Å²) in [4.78, 5) is 26.7. The van der Waals surface area contributed by atoms with Gasteiger partial charge >= 0.3 is 12.6 Å². The van der Waals surface area contributed by atoms with E-state index in [2.05, 4.69) is 15.0 Å². The summed E-state index contributed by atoms with van der Waals surface area (Å²) in [5.74, 6) is -0.441. The molecular formula is C26H25F2N5O4. The number of nitrogens with zero attached hydrogens (tertiary/aromatic N) is 5. The Labute approximate surface area is 211 Å². The van der Waals surface area contributed by atoms with Crippen LogP contribution in [0, 0.1) is 13.8 Å². The molecule has 1 fully saturated rings. The van der Waals surface area contributed by atoms with Crippen LogP contribution in [0.5, 0.6) is 5.75 Å². The van der Waals surface area contributed by atoms with Crippen LogP contribution in [0.25, 0.3) is 16.8 Å². The number of carboxylic acids is 1. The fraction of sp³-hybridized carbons (Fsp3) is 0.308. The number of imidazole rings is 1. The van der Waals surface area contributed by atoms with Crippen LogP contribution in [0.3, 0.4) is 0 Å². The van der Waals surface area contributed by atoms with Crippen molar-refractivity contribution in [1.29, 1.82) is 0 Å². The highest BCUT2D eigenvalue weighted by Gasteiger charge is 2.27. The minimum absolute atomic E-state index is 0.136. The van der Waals surface area contributed by atoms with Crippen molar-refractivity contribution in [2.24, 2.45) is 0 Å². The van der Waals surface area contributed by atoms with Gasteiger partial charge in [0.05, 0.1) is 18.8 Å². The number of aliphatic carboxylic acids is 1. The summed E-state index contributed by atoms with van der Waals surface area (Å²) in [6, 6.07) is 8.70. The summed E-state index contributed by atoms with van der Waals surface area (Å²) in [6.45, 7) is 1.91. The van der Waals surface area contributed by atoms with E-state index in [1.165, 1.54) is 6.07 Å². The van der Waals surface area contributed by atoms with E-state index in [9.17, 15) is 18.7 Å². The second-order valence-electron chi connectivity index (χ2n) is 8.82. The summed E-state index contributed by atoms with van der Waals surface area (Å²) in [6.07, 6.45) is 4.80. The molecule has 1 unspecified atom stereocenters. The number of carboxylic acid groups (broad SMARTS) is 1. The van der Waals surface area contributed by atoms with Crippen molar-refractivity contribution in [3.8, 4) is 16.9 Å². The number of carbonyl (C=O) groups is 1. The Morgan fingerprint density at radius 1 is 1.24 bits per heavy atom. The van der Waals surface area contributed by atoms with Gasteiger partial charge in [0.25, 0.3) is 0 Å². The first-order valence-electron chi connectivity index (χ1n) is 11.7. The highest BCUT2D eigenvalue weighted by atomic mass is 19.3. The number of hydrogen-bond acceptors (Lipinski definition) is 7. The Bertz CT molecular complexity index is 1440. The second-order valence-corrected chi connectivity index (χ2v) is 8.82. The number of alkyl halides is 2. The van der Waals surface area contributed by atoms with E-state index >= 15 is 0 Å². The highest BCUT2D eigenvalue weighted by molar-refractivity contribution is 5.73. The van der Waals surface area contributed by atoms with E-state index in [0.29, 0.717) is 24.5 Å². The Kier molecular flexibility index (Phi) is 6.70. The molecule has 9 nitrogen and oxygen atoms in total. The molecule has 0 radical (unpaired) electrons. The quantitative estimate of drug-likeness (QED) is 0.400. The van der Waals surface area contributed by atoms with Gasteiger partial charge in [0.2, 0.25) is 5.95 Å². The third kappa shape index (κ3) is 5.08. The van der Waals surface area contributed by atoms with Gasteiger partial charge in [0.15, 0.2) is 6.10 Å². The molecule has 4 heterocycles. The van der Waals surface area contributed by atoms with Crippen molar-refractivity contribution in [1.82, 2.24) is 19.4 Å². The van der Waals surface area contributed by atoms with E-state index in [1.807, 2.05) is 30.5 Å². The van der Waals surface area contributed by atoms with Crippen LogP contribution < -0.4 is 9.64 Å². The summed E-state index contributed by atoms with van der Waals surface area (Å²) >= 11 is 0. The van der Waals surface area contributed by atoms with Crippen molar-refractivity contribution in [2.75, 3.05) is 24.6 Å². The van der Waals surface area contributed by atoms with Crippen LogP contribution in [0.1, 0.15) is 22.5 Å². The molecule has 0 aliphatic carbocycles. The standard InChI is InChI=1S/C26H25F2N5O4/c1-15-9-23-31-16(2)20(10-17-5-3-4-6-21(17)37-25(27)28)33(23)13-19(15)18-11-29-26(30-12-18)32-7-8-36-22(14-32)24(34)35/h3-6,9,11-13,22,25H,7-8,10,14H2,1-2H3,(H,34,35). The van der Waals surface area contributed by atoms with Crippen LogP contribution in [0.2, 0.25) is 0 Å². The maximum absolute atomic E-state index is 12.9. The molecule has 1 N–H and O–H groups in total. The number of benzene rings is 1. The third-order valence-corrected chi connectivity index (χ3v) is 6.39. The summed E-state index contributed by atoms with van der Waals surface area (Å²) in [5, 5.41) is 9.24. The smallest absolute Gasteiger partial charge is 0.387 e. The molecule has 1 atom stereocenters. The van der Waals surface area contributed by atoms with Crippen LogP contribution in [-0.4, -0.2) is 62.8 Å². The van der Waals surface area contributed by atoms with Gasteiger partial charge in [-0.3, -0.25) is 0 Å². The normalized spacial score (nSPS) is 15.9. The van der Waals surface area contributed by atoms with Gasteiger partial charge in [-0.2, -0.15) is 8.78 Å². The number of para-hydroxylation sites is 1. The zero-order chi connectivity index (χ0) is 26.1. The van der Waals surface area contributed by atoms with Gasteiger partial charge in [-0.25, -0.2) is 19.7 Å². The Balaban J connectivity index is 1.46. The molecule has 1 aromatic carbocycles. The molecule has 4 aromatic rings. The van der Waals surface area contributed by atoms with Crippen molar-refractivity contribution in [2.45, 2.75) is 33.0 Å². The Hall–Kier alpha value is -4.12. The molecule has 0 amide bonds. The molecule has 0 spiro atoms. The number of ether oxygens (including phenoxy) is 2. The predicted molar refractivity (Wildman–Crippen MR) is 131 cm³/mol. The zero-order valence-corrected chi connectivity index (χ0v) is 20.3. The lowest BCUT2D eigenvalue weighted by Gasteiger charge is -2.30. The van der Waals surface area contributed by atoms with E-state index < -0.39 is 18.7 Å². The highest BCUT2D eigenvalue weighted by Crippen LogP contribution is 2.29. The second kappa shape index (κ2) is 10.1. The SMILES string of the molecule is Cc1cc2nc(C)c(Cc3ccccc3OC(F)F)n2cc1-c1cnc(N2CCOC(C(=O)O)C2)nc1.